The van der Waals surface area contributed by atoms with Crippen molar-refractivity contribution in [3.8, 4) is 11.5 Å². The van der Waals surface area contributed by atoms with Crippen LogP contribution in [0.2, 0.25) is 0 Å². The average molecular weight is 472 g/mol. The van der Waals surface area contributed by atoms with Gasteiger partial charge in [-0.1, -0.05) is 24.3 Å². The standard InChI is InChI=1S/C27H24N2O6/c1-3-32-26(30)18-13-29-20(23(18)27(31)33-4-2)12-17-16-7-5-6-8-19(16)28-24(17)25(29)15-9-10-21-22(11-15)35-14-34-21/h5-11,13,25,28H,3-4,12,14H2,1-2H3. The zero-order valence-corrected chi connectivity index (χ0v) is 19.4. The number of hydrogen-bond acceptors (Lipinski definition) is 6. The highest BCUT2D eigenvalue weighted by Crippen LogP contribution is 2.44. The van der Waals surface area contributed by atoms with Gasteiger partial charge in [-0.05, 0) is 43.2 Å². The number of aromatic nitrogens is 2. The Morgan fingerprint density at radius 2 is 1.80 bits per heavy atom. The van der Waals surface area contributed by atoms with Crippen molar-refractivity contribution in [2.75, 3.05) is 20.0 Å². The van der Waals surface area contributed by atoms with Crippen LogP contribution in [0.25, 0.3) is 10.9 Å². The predicted molar refractivity (Wildman–Crippen MR) is 127 cm³/mol. The van der Waals surface area contributed by atoms with Crippen LogP contribution in [0.5, 0.6) is 11.5 Å². The Kier molecular flexibility index (Phi) is 5.02. The van der Waals surface area contributed by atoms with Gasteiger partial charge in [0.25, 0.3) is 0 Å². The second kappa shape index (κ2) is 8.23. The molecule has 0 fully saturated rings. The number of carbonyl (C=O) groups excluding carboxylic acids is 2. The number of nitrogens with zero attached hydrogens (tertiary/aromatic N) is 1. The summed E-state index contributed by atoms with van der Waals surface area (Å²) >= 11 is 0. The molecular formula is C27H24N2O6. The Bertz CT molecular complexity index is 1480. The SMILES string of the molecule is CCOC(=O)c1cn2c(c1C(=O)OCC)Cc1c([nH]c3ccccc13)C2c1ccc2c(c1)OCO2. The molecule has 6 rings (SSSR count). The van der Waals surface area contributed by atoms with Crippen LogP contribution in [0.4, 0.5) is 0 Å². The number of carbonyl (C=O) groups is 2. The monoisotopic (exact) mass is 472 g/mol. The first kappa shape index (κ1) is 21.3. The van der Waals surface area contributed by atoms with Crippen LogP contribution >= 0.6 is 0 Å². The summed E-state index contributed by atoms with van der Waals surface area (Å²) in [5, 5.41) is 1.08. The van der Waals surface area contributed by atoms with Gasteiger partial charge < -0.3 is 28.5 Å². The summed E-state index contributed by atoms with van der Waals surface area (Å²) in [7, 11) is 0. The molecule has 2 aliphatic rings. The number of aromatic amines is 1. The smallest absolute Gasteiger partial charge is 0.340 e. The molecule has 0 aliphatic carbocycles. The van der Waals surface area contributed by atoms with E-state index in [1.54, 1.807) is 20.0 Å². The summed E-state index contributed by atoms with van der Waals surface area (Å²) in [5.41, 5.74) is 5.20. The van der Waals surface area contributed by atoms with E-state index in [1.165, 1.54) is 0 Å². The van der Waals surface area contributed by atoms with Crippen LogP contribution in [0, 0.1) is 0 Å². The first-order valence-corrected chi connectivity index (χ1v) is 11.7. The van der Waals surface area contributed by atoms with Gasteiger partial charge in [-0.25, -0.2) is 9.59 Å². The van der Waals surface area contributed by atoms with Crippen LogP contribution < -0.4 is 9.47 Å². The van der Waals surface area contributed by atoms with Gasteiger partial charge in [-0.15, -0.1) is 0 Å². The van der Waals surface area contributed by atoms with Crippen molar-refractivity contribution in [3.05, 3.63) is 82.3 Å². The molecule has 178 valence electrons. The van der Waals surface area contributed by atoms with Crippen LogP contribution in [0.3, 0.4) is 0 Å². The van der Waals surface area contributed by atoms with Crippen LogP contribution in [0.1, 0.15) is 63.1 Å². The highest BCUT2D eigenvalue weighted by molar-refractivity contribution is 6.04. The molecule has 0 radical (unpaired) electrons. The van der Waals surface area contributed by atoms with Crippen molar-refractivity contribution >= 4 is 22.8 Å². The highest BCUT2D eigenvalue weighted by atomic mass is 16.7. The Hall–Kier alpha value is -4.20. The summed E-state index contributed by atoms with van der Waals surface area (Å²) in [6.07, 6.45) is 2.18. The van der Waals surface area contributed by atoms with Crippen LogP contribution in [0.15, 0.2) is 48.7 Å². The third kappa shape index (κ3) is 3.28. The van der Waals surface area contributed by atoms with Gasteiger partial charge in [-0.3, -0.25) is 0 Å². The number of benzene rings is 2. The number of nitrogens with one attached hydrogen (secondary N) is 1. The highest BCUT2D eigenvalue weighted by Gasteiger charge is 2.37. The van der Waals surface area contributed by atoms with Crippen molar-refractivity contribution < 1.29 is 28.5 Å². The van der Waals surface area contributed by atoms with Crippen molar-refractivity contribution in [3.63, 3.8) is 0 Å². The lowest BCUT2D eigenvalue weighted by Gasteiger charge is -2.28. The van der Waals surface area contributed by atoms with Crippen molar-refractivity contribution in [1.82, 2.24) is 9.55 Å². The molecule has 4 aromatic rings. The van der Waals surface area contributed by atoms with Gasteiger partial charge in [-0.2, -0.15) is 0 Å². The van der Waals surface area contributed by atoms with E-state index in [-0.39, 0.29) is 37.2 Å². The van der Waals surface area contributed by atoms with E-state index < -0.39 is 11.9 Å². The van der Waals surface area contributed by atoms with Gasteiger partial charge in [0.1, 0.15) is 0 Å². The molecule has 0 bridgehead atoms. The minimum absolute atomic E-state index is 0.176. The lowest BCUT2D eigenvalue weighted by atomic mass is 9.91. The maximum absolute atomic E-state index is 13.1. The van der Waals surface area contributed by atoms with E-state index in [9.17, 15) is 9.59 Å². The summed E-state index contributed by atoms with van der Waals surface area (Å²) < 4.78 is 23.8. The van der Waals surface area contributed by atoms with E-state index >= 15 is 0 Å². The van der Waals surface area contributed by atoms with Gasteiger partial charge >= 0.3 is 11.9 Å². The first-order valence-electron chi connectivity index (χ1n) is 11.7. The summed E-state index contributed by atoms with van der Waals surface area (Å²) in [6, 6.07) is 13.6. The zero-order valence-electron chi connectivity index (χ0n) is 19.4. The molecule has 8 nitrogen and oxygen atoms in total. The van der Waals surface area contributed by atoms with Gasteiger partial charge in [0.2, 0.25) is 6.79 Å². The molecule has 35 heavy (non-hydrogen) atoms. The molecular weight excluding hydrogens is 448 g/mol. The molecule has 0 amide bonds. The molecule has 1 atom stereocenters. The van der Waals surface area contributed by atoms with Gasteiger partial charge in [0.15, 0.2) is 11.5 Å². The second-order valence-electron chi connectivity index (χ2n) is 8.47. The topological polar surface area (TPSA) is 91.8 Å². The van der Waals surface area contributed by atoms with Gasteiger partial charge in [0.05, 0.1) is 30.4 Å². The van der Waals surface area contributed by atoms with Crippen molar-refractivity contribution in [1.29, 1.82) is 0 Å². The number of fused-ring (bicyclic) bond motifs is 5. The molecule has 1 N–H and O–H groups in total. The largest absolute Gasteiger partial charge is 0.462 e. The van der Waals surface area contributed by atoms with Crippen molar-refractivity contribution in [2.24, 2.45) is 0 Å². The third-order valence-electron chi connectivity index (χ3n) is 6.57. The van der Waals surface area contributed by atoms with Crippen LogP contribution in [-0.2, 0) is 15.9 Å². The quantitative estimate of drug-likeness (QED) is 0.376. The van der Waals surface area contributed by atoms with Crippen molar-refractivity contribution in [2.45, 2.75) is 26.3 Å². The molecule has 4 heterocycles. The fraction of sp³-hybridized carbons (Fsp3) is 0.259. The van der Waals surface area contributed by atoms with E-state index in [0.29, 0.717) is 23.6 Å². The number of ether oxygens (including phenoxy) is 4. The summed E-state index contributed by atoms with van der Waals surface area (Å²) in [5.74, 6) is 0.275. The minimum atomic E-state index is -0.546. The molecule has 0 spiro atoms. The second-order valence-corrected chi connectivity index (χ2v) is 8.47. The van der Waals surface area contributed by atoms with Gasteiger partial charge in [0, 0.05) is 34.9 Å². The zero-order chi connectivity index (χ0) is 24.1. The number of esters is 2. The number of para-hydroxylation sites is 1. The van der Waals surface area contributed by atoms with E-state index in [2.05, 4.69) is 11.1 Å². The number of hydrogen-bond donors (Lipinski definition) is 1. The summed E-state index contributed by atoms with van der Waals surface area (Å²) in [4.78, 5) is 29.6. The minimum Gasteiger partial charge on any atom is -0.462 e. The summed E-state index contributed by atoms with van der Waals surface area (Å²) in [6.45, 7) is 4.07. The number of rotatable bonds is 5. The molecule has 0 saturated heterocycles. The maximum atomic E-state index is 13.1. The molecule has 0 saturated carbocycles. The molecule has 2 aliphatic heterocycles. The molecule has 2 aromatic heterocycles. The molecule has 2 aromatic carbocycles. The first-order chi connectivity index (χ1) is 17.1. The molecule has 8 heteroatoms. The average Bonchev–Trinajstić information content (AvgIpc) is 3.57. The fourth-order valence-electron chi connectivity index (χ4n) is 5.13. The normalized spacial score (nSPS) is 15.5. The van der Waals surface area contributed by atoms with E-state index in [4.69, 9.17) is 18.9 Å². The van der Waals surface area contributed by atoms with E-state index in [0.717, 1.165) is 27.7 Å². The predicted octanol–water partition coefficient (Wildman–Crippen LogP) is 4.59. The third-order valence-corrected chi connectivity index (χ3v) is 6.57. The Balaban J connectivity index is 1.61. The Morgan fingerprint density at radius 1 is 1.03 bits per heavy atom. The van der Waals surface area contributed by atoms with Crippen LogP contribution in [-0.4, -0.2) is 41.5 Å². The molecule has 1 unspecified atom stereocenters. The van der Waals surface area contributed by atoms with E-state index in [1.807, 2.05) is 41.0 Å². The number of H-pyrrole nitrogens is 1. The lowest BCUT2D eigenvalue weighted by molar-refractivity contribution is 0.0479. The Labute approximate surface area is 201 Å². The fourth-order valence-corrected chi connectivity index (χ4v) is 5.13. The lowest BCUT2D eigenvalue weighted by Crippen LogP contribution is -2.22. The maximum Gasteiger partial charge on any atom is 0.340 e. The Morgan fingerprint density at radius 3 is 2.63 bits per heavy atom.